The summed E-state index contributed by atoms with van der Waals surface area (Å²) in [6.45, 7) is 3.02. The summed E-state index contributed by atoms with van der Waals surface area (Å²) >= 11 is 7.73. The van der Waals surface area contributed by atoms with Crippen LogP contribution in [-0.2, 0) is 6.54 Å². The van der Waals surface area contributed by atoms with Crippen LogP contribution < -0.4 is 16.0 Å². The lowest BCUT2D eigenvalue weighted by Gasteiger charge is -2.36. The number of aromatic nitrogens is 4. The van der Waals surface area contributed by atoms with E-state index in [1.165, 1.54) is 21.9 Å². The van der Waals surface area contributed by atoms with Crippen molar-refractivity contribution < 1.29 is 8.78 Å². The first kappa shape index (κ1) is 21.7. The van der Waals surface area contributed by atoms with Crippen LogP contribution in [0.4, 0.5) is 14.5 Å². The number of hydrogen-bond acceptors (Lipinski definition) is 7. The molecule has 0 aliphatic carbocycles. The molecular formula is C21H17ClF2N6O2S. The molecule has 3 aromatic heterocycles. The highest BCUT2D eigenvalue weighted by Gasteiger charge is 2.23. The maximum atomic E-state index is 14.1. The minimum Gasteiger partial charge on any atom is -0.366 e. The molecule has 0 spiro atoms. The molecule has 33 heavy (non-hydrogen) atoms. The van der Waals surface area contributed by atoms with Gasteiger partial charge in [0.2, 0.25) is 0 Å². The van der Waals surface area contributed by atoms with Gasteiger partial charge in [-0.05, 0) is 12.1 Å². The highest BCUT2D eigenvalue weighted by Crippen LogP contribution is 2.24. The molecule has 12 heteroatoms. The number of halogens is 3. The maximum absolute atomic E-state index is 14.1. The summed E-state index contributed by atoms with van der Waals surface area (Å²) in [7, 11) is 0. The van der Waals surface area contributed by atoms with Gasteiger partial charge in [0.1, 0.15) is 16.5 Å². The second-order valence-electron chi connectivity index (χ2n) is 7.56. The van der Waals surface area contributed by atoms with Crippen LogP contribution in [0.25, 0.3) is 10.6 Å². The Balaban J connectivity index is 1.31. The van der Waals surface area contributed by atoms with Crippen molar-refractivity contribution in [3.05, 3.63) is 85.1 Å². The monoisotopic (exact) mass is 490 g/mol. The van der Waals surface area contributed by atoms with Crippen molar-refractivity contribution in [1.82, 2.24) is 24.1 Å². The van der Waals surface area contributed by atoms with Gasteiger partial charge in [0.15, 0.2) is 10.8 Å². The number of piperazine rings is 1. The first-order valence-corrected chi connectivity index (χ1v) is 11.3. The average Bonchev–Trinajstić information content (AvgIpc) is 3.26. The van der Waals surface area contributed by atoms with E-state index in [0.717, 1.165) is 16.8 Å². The summed E-state index contributed by atoms with van der Waals surface area (Å²) in [6, 6.07) is 4.42. The Hall–Kier alpha value is -3.15. The molecule has 5 rings (SSSR count). The van der Waals surface area contributed by atoms with Crippen LogP contribution >= 0.6 is 22.9 Å². The average molecular weight is 491 g/mol. The Bertz CT molecular complexity index is 1460. The van der Waals surface area contributed by atoms with Crippen LogP contribution in [0.3, 0.4) is 0 Å². The molecule has 1 aliphatic heterocycles. The van der Waals surface area contributed by atoms with Gasteiger partial charge in [-0.15, -0.1) is 11.3 Å². The molecule has 0 atom stereocenters. The van der Waals surface area contributed by atoms with E-state index >= 15 is 0 Å². The molecule has 8 nitrogen and oxygen atoms in total. The van der Waals surface area contributed by atoms with Crippen LogP contribution in [0.15, 0.2) is 51.6 Å². The Labute approximate surface area is 194 Å². The zero-order valence-corrected chi connectivity index (χ0v) is 18.7. The van der Waals surface area contributed by atoms with Crippen LogP contribution in [0.5, 0.6) is 0 Å². The predicted molar refractivity (Wildman–Crippen MR) is 122 cm³/mol. The third-order valence-corrected chi connectivity index (χ3v) is 6.61. The third kappa shape index (κ3) is 4.14. The lowest BCUT2D eigenvalue weighted by molar-refractivity contribution is 0.247. The van der Waals surface area contributed by atoms with Gasteiger partial charge in [0.05, 0.1) is 17.6 Å². The molecule has 0 amide bonds. The summed E-state index contributed by atoms with van der Waals surface area (Å²) < 4.78 is 29.6. The molecule has 0 radical (unpaired) electrons. The van der Waals surface area contributed by atoms with Crippen molar-refractivity contribution in [2.24, 2.45) is 0 Å². The van der Waals surface area contributed by atoms with Crippen LogP contribution in [0.1, 0.15) is 5.69 Å². The zero-order chi connectivity index (χ0) is 23.1. The van der Waals surface area contributed by atoms with Gasteiger partial charge in [-0.2, -0.15) is 9.78 Å². The fourth-order valence-electron chi connectivity index (χ4n) is 3.81. The minimum atomic E-state index is -0.906. The number of benzene rings is 1. The van der Waals surface area contributed by atoms with E-state index in [1.54, 1.807) is 12.3 Å². The molecule has 0 saturated carbocycles. The van der Waals surface area contributed by atoms with Crippen molar-refractivity contribution in [2.45, 2.75) is 6.54 Å². The quantitative estimate of drug-likeness (QED) is 0.438. The Morgan fingerprint density at radius 2 is 1.85 bits per heavy atom. The van der Waals surface area contributed by atoms with Crippen molar-refractivity contribution in [3.63, 3.8) is 0 Å². The molecule has 1 fully saturated rings. The molecule has 1 saturated heterocycles. The highest BCUT2D eigenvalue weighted by molar-refractivity contribution is 7.15. The molecule has 4 aromatic rings. The van der Waals surface area contributed by atoms with Crippen LogP contribution in [0.2, 0.25) is 5.02 Å². The van der Waals surface area contributed by atoms with Gasteiger partial charge in [-0.3, -0.25) is 18.9 Å². The number of anilines is 1. The lowest BCUT2D eigenvalue weighted by Crippen LogP contribution is -2.46. The number of thiazole rings is 1. The summed E-state index contributed by atoms with van der Waals surface area (Å²) in [6.07, 6.45) is 3.11. The molecular weight excluding hydrogens is 474 g/mol. The second kappa shape index (κ2) is 8.65. The molecule has 0 unspecified atom stereocenters. The van der Waals surface area contributed by atoms with Gasteiger partial charge < -0.3 is 4.90 Å². The van der Waals surface area contributed by atoms with Crippen LogP contribution in [0, 0.1) is 11.6 Å². The Kier molecular flexibility index (Phi) is 5.69. The summed E-state index contributed by atoms with van der Waals surface area (Å²) in [4.78, 5) is 34.2. The van der Waals surface area contributed by atoms with Crippen molar-refractivity contribution in [3.8, 4) is 5.69 Å². The molecule has 0 bridgehead atoms. The Morgan fingerprint density at radius 3 is 2.61 bits per heavy atom. The van der Waals surface area contributed by atoms with Crippen molar-refractivity contribution >= 4 is 33.6 Å². The SMILES string of the molecule is O=c1c(Cl)c(N2CCN(Cc3cc(=O)n4ccsc4n3)CC2)cnn1-c1ccc(F)cc1F. The number of nitrogens with zero attached hydrogens (tertiary/aromatic N) is 6. The van der Waals surface area contributed by atoms with Gasteiger partial charge in [-0.25, -0.2) is 13.8 Å². The largest absolute Gasteiger partial charge is 0.366 e. The first-order valence-electron chi connectivity index (χ1n) is 10.1. The van der Waals surface area contributed by atoms with Gasteiger partial charge >= 0.3 is 0 Å². The maximum Gasteiger partial charge on any atom is 0.292 e. The normalized spacial score (nSPS) is 14.8. The molecule has 0 N–H and O–H groups in total. The molecule has 170 valence electrons. The summed E-state index contributed by atoms with van der Waals surface area (Å²) in [5.41, 5.74) is 0.198. The topological polar surface area (TPSA) is 75.7 Å². The van der Waals surface area contributed by atoms with Crippen molar-refractivity contribution in [2.75, 3.05) is 31.1 Å². The lowest BCUT2D eigenvalue weighted by atomic mass is 10.2. The molecule has 4 heterocycles. The summed E-state index contributed by atoms with van der Waals surface area (Å²) in [5, 5.41) is 5.79. The van der Waals surface area contributed by atoms with E-state index in [4.69, 9.17) is 11.6 Å². The van der Waals surface area contributed by atoms with E-state index < -0.39 is 17.2 Å². The Morgan fingerprint density at radius 1 is 1.06 bits per heavy atom. The number of fused-ring (bicyclic) bond motifs is 1. The van der Waals surface area contributed by atoms with E-state index in [2.05, 4.69) is 15.0 Å². The van der Waals surface area contributed by atoms with Crippen molar-refractivity contribution in [1.29, 1.82) is 0 Å². The fourth-order valence-corrected chi connectivity index (χ4v) is 4.80. The van der Waals surface area contributed by atoms with E-state index in [-0.39, 0.29) is 16.3 Å². The second-order valence-corrected chi connectivity index (χ2v) is 8.81. The predicted octanol–water partition coefficient (Wildman–Crippen LogP) is 2.56. The highest BCUT2D eigenvalue weighted by atomic mass is 35.5. The van der Waals surface area contributed by atoms with Gasteiger partial charge in [-0.1, -0.05) is 11.6 Å². The van der Waals surface area contributed by atoms with Gasteiger partial charge in [0.25, 0.3) is 11.1 Å². The molecule has 1 aromatic carbocycles. The van der Waals surface area contributed by atoms with E-state index in [1.807, 2.05) is 10.3 Å². The number of hydrogen-bond donors (Lipinski definition) is 0. The standard InChI is InChI=1S/C21H17ClF2N6O2S/c22-19-17(11-25-30(20(19)32)16-2-1-13(23)9-15(16)24)28-5-3-27(4-6-28)12-14-10-18(31)29-7-8-33-21(29)26-14/h1-2,7-11H,3-6,12H2. The zero-order valence-electron chi connectivity index (χ0n) is 17.1. The summed E-state index contributed by atoms with van der Waals surface area (Å²) in [5.74, 6) is -1.66. The van der Waals surface area contributed by atoms with Gasteiger partial charge in [0, 0.05) is 56.4 Å². The smallest absolute Gasteiger partial charge is 0.292 e. The van der Waals surface area contributed by atoms with Crippen LogP contribution in [-0.4, -0.2) is 50.2 Å². The molecule has 1 aliphatic rings. The van der Waals surface area contributed by atoms with E-state index in [0.29, 0.717) is 55.1 Å². The van der Waals surface area contributed by atoms with E-state index in [9.17, 15) is 18.4 Å². The first-order chi connectivity index (χ1) is 15.9. The number of rotatable bonds is 4. The minimum absolute atomic E-state index is 0.0833. The third-order valence-electron chi connectivity index (χ3n) is 5.49. The fraction of sp³-hybridized carbons (Fsp3) is 0.238.